The molecule has 0 aliphatic rings. The number of nitrogens with one attached hydrogen (secondary N) is 3. The van der Waals surface area contributed by atoms with E-state index < -0.39 is 11.8 Å². The summed E-state index contributed by atoms with van der Waals surface area (Å²) in [5.41, 5.74) is 4.18. The highest BCUT2D eigenvalue weighted by Crippen LogP contribution is 2.17. The third kappa shape index (κ3) is 8.32. The highest BCUT2D eigenvalue weighted by molar-refractivity contribution is 6.35. The molecule has 0 spiro atoms. The van der Waals surface area contributed by atoms with E-state index in [9.17, 15) is 14.4 Å². The fraction of sp³-hybridized carbons (Fsp3) is 0.154. The molecule has 0 atom stereocenters. The van der Waals surface area contributed by atoms with E-state index >= 15 is 0 Å². The fourth-order valence-electron chi connectivity index (χ4n) is 2.93. The minimum absolute atomic E-state index is 0.228. The predicted molar refractivity (Wildman–Crippen MR) is 132 cm³/mol. The van der Waals surface area contributed by atoms with Crippen molar-refractivity contribution in [1.82, 2.24) is 10.7 Å². The molecule has 3 aromatic rings. The van der Waals surface area contributed by atoms with Gasteiger partial charge in [0.1, 0.15) is 11.5 Å². The minimum atomic E-state index is -0.898. The second-order valence-electron chi connectivity index (χ2n) is 7.20. The van der Waals surface area contributed by atoms with Crippen LogP contribution in [-0.4, -0.2) is 37.1 Å². The Balaban J connectivity index is 1.47. The zero-order valence-corrected chi connectivity index (χ0v) is 19.2. The summed E-state index contributed by atoms with van der Waals surface area (Å²) in [7, 11) is 0. The fourth-order valence-corrected chi connectivity index (χ4v) is 2.93. The first kappa shape index (κ1) is 25.0. The van der Waals surface area contributed by atoms with Crippen LogP contribution in [0.1, 0.15) is 18.1 Å². The van der Waals surface area contributed by atoms with Gasteiger partial charge < -0.3 is 20.1 Å². The summed E-state index contributed by atoms with van der Waals surface area (Å²) < 4.78 is 11.0. The van der Waals surface area contributed by atoms with Crippen LogP contribution in [0.2, 0.25) is 0 Å². The van der Waals surface area contributed by atoms with Gasteiger partial charge in [-0.15, -0.1) is 0 Å². The molecule has 3 N–H and O–H groups in total. The van der Waals surface area contributed by atoms with E-state index in [0.717, 1.165) is 11.3 Å². The van der Waals surface area contributed by atoms with E-state index in [1.165, 1.54) is 6.21 Å². The number of anilines is 1. The summed E-state index contributed by atoms with van der Waals surface area (Å²) in [5.74, 6) is -0.937. The molecule has 9 heteroatoms. The van der Waals surface area contributed by atoms with Gasteiger partial charge in [-0.05, 0) is 48.9 Å². The lowest BCUT2D eigenvalue weighted by Crippen LogP contribution is -2.37. The van der Waals surface area contributed by atoms with Gasteiger partial charge in [-0.25, -0.2) is 5.43 Å². The number of carbonyl (C=O) groups excluding carboxylic acids is 3. The lowest BCUT2D eigenvalue weighted by Gasteiger charge is -2.10. The van der Waals surface area contributed by atoms with Crippen LogP contribution in [-0.2, 0) is 20.9 Å². The maximum absolute atomic E-state index is 12.2. The first-order valence-corrected chi connectivity index (χ1v) is 10.9. The summed E-state index contributed by atoms with van der Waals surface area (Å²) in [6.45, 7) is 2.46. The van der Waals surface area contributed by atoms with Crippen LogP contribution in [0.3, 0.4) is 0 Å². The van der Waals surface area contributed by atoms with Gasteiger partial charge in [0.05, 0.1) is 12.8 Å². The molecule has 3 aromatic carbocycles. The molecule has 0 fully saturated rings. The minimum Gasteiger partial charge on any atom is -0.494 e. The normalized spacial score (nSPS) is 10.4. The molecule has 0 aromatic heterocycles. The second kappa shape index (κ2) is 13.1. The summed E-state index contributed by atoms with van der Waals surface area (Å²) >= 11 is 0. The second-order valence-corrected chi connectivity index (χ2v) is 7.20. The van der Waals surface area contributed by atoms with Crippen molar-refractivity contribution in [3.05, 3.63) is 90.0 Å². The summed E-state index contributed by atoms with van der Waals surface area (Å²) in [4.78, 5) is 36.1. The van der Waals surface area contributed by atoms with Crippen LogP contribution in [0, 0.1) is 0 Å². The first-order valence-electron chi connectivity index (χ1n) is 10.9. The number of hydrazone groups is 1. The maximum atomic E-state index is 12.2. The topological polar surface area (TPSA) is 118 Å². The molecule has 0 aliphatic carbocycles. The van der Waals surface area contributed by atoms with Crippen molar-refractivity contribution in [2.45, 2.75) is 13.5 Å². The van der Waals surface area contributed by atoms with E-state index in [-0.39, 0.29) is 19.1 Å². The highest BCUT2D eigenvalue weighted by atomic mass is 16.5. The summed E-state index contributed by atoms with van der Waals surface area (Å²) in [6, 6.07) is 23.1. The monoisotopic (exact) mass is 474 g/mol. The van der Waals surface area contributed by atoms with Gasteiger partial charge in [-0.2, -0.15) is 5.10 Å². The molecule has 3 rings (SSSR count). The van der Waals surface area contributed by atoms with Crippen LogP contribution in [0.5, 0.6) is 11.5 Å². The number of benzene rings is 3. The molecule has 0 heterocycles. The van der Waals surface area contributed by atoms with Crippen molar-refractivity contribution in [2.24, 2.45) is 5.10 Å². The Hall–Kier alpha value is -4.66. The van der Waals surface area contributed by atoms with Crippen molar-refractivity contribution >= 4 is 29.6 Å². The molecule has 180 valence electrons. The third-order valence-corrected chi connectivity index (χ3v) is 4.60. The molecule has 0 radical (unpaired) electrons. The Morgan fingerprint density at radius 1 is 0.857 bits per heavy atom. The number of nitrogens with zero attached hydrogens (tertiary/aromatic N) is 1. The molecule has 0 bridgehead atoms. The Bertz CT molecular complexity index is 1160. The number of ether oxygens (including phenoxy) is 2. The standard InChI is InChI=1S/C26H26N4O5/c1-2-34-22-14-12-21(13-15-22)29-24(31)18-35-23-11-7-6-10-20(23)17-28-30-26(33)25(32)27-16-19-8-4-3-5-9-19/h3-15,17H,2,16,18H2,1H3,(H,27,32)(H,29,31)(H,30,33)/b28-17-. The molecular weight excluding hydrogens is 448 g/mol. The number of para-hydroxylation sites is 1. The van der Waals surface area contributed by atoms with Gasteiger partial charge in [0.2, 0.25) is 0 Å². The van der Waals surface area contributed by atoms with Crippen LogP contribution < -0.4 is 25.5 Å². The van der Waals surface area contributed by atoms with Crippen LogP contribution in [0.4, 0.5) is 5.69 Å². The predicted octanol–water partition coefficient (Wildman–Crippen LogP) is 2.87. The molecule has 0 aliphatic heterocycles. The Morgan fingerprint density at radius 3 is 2.31 bits per heavy atom. The molecule has 0 unspecified atom stereocenters. The van der Waals surface area contributed by atoms with Crippen molar-refractivity contribution in [2.75, 3.05) is 18.5 Å². The summed E-state index contributed by atoms with van der Waals surface area (Å²) in [5, 5.41) is 9.08. The average molecular weight is 475 g/mol. The molecule has 0 saturated heterocycles. The molecule has 3 amide bonds. The lowest BCUT2D eigenvalue weighted by atomic mass is 10.2. The molecule has 35 heavy (non-hydrogen) atoms. The quantitative estimate of drug-likeness (QED) is 0.237. The zero-order valence-electron chi connectivity index (χ0n) is 19.2. The highest BCUT2D eigenvalue weighted by Gasteiger charge is 2.12. The number of rotatable bonds is 10. The van der Waals surface area contributed by atoms with Gasteiger partial charge in [-0.3, -0.25) is 14.4 Å². The Labute approximate surface area is 203 Å². The first-order chi connectivity index (χ1) is 17.0. The van der Waals surface area contributed by atoms with E-state index in [1.807, 2.05) is 37.3 Å². The number of hydrogen-bond acceptors (Lipinski definition) is 6. The molecule has 0 saturated carbocycles. The van der Waals surface area contributed by atoms with Crippen LogP contribution >= 0.6 is 0 Å². The number of hydrogen-bond donors (Lipinski definition) is 3. The Kier molecular flexibility index (Phi) is 9.38. The van der Waals surface area contributed by atoms with Gasteiger partial charge in [-0.1, -0.05) is 42.5 Å². The molecule has 9 nitrogen and oxygen atoms in total. The van der Waals surface area contributed by atoms with Crippen LogP contribution in [0.25, 0.3) is 0 Å². The van der Waals surface area contributed by atoms with Crippen molar-refractivity contribution in [1.29, 1.82) is 0 Å². The zero-order chi connectivity index (χ0) is 24.9. The van der Waals surface area contributed by atoms with E-state index in [4.69, 9.17) is 9.47 Å². The smallest absolute Gasteiger partial charge is 0.329 e. The maximum Gasteiger partial charge on any atom is 0.329 e. The summed E-state index contributed by atoms with van der Waals surface area (Å²) in [6.07, 6.45) is 1.34. The van der Waals surface area contributed by atoms with Gasteiger partial charge in [0.15, 0.2) is 6.61 Å². The van der Waals surface area contributed by atoms with Crippen LogP contribution in [0.15, 0.2) is 84.0 Å². The SMILES string of the molecule is CCOc1ccc(NC(=O)COc2ccccc2/C=N\NC(=O)C(=O)NCc2ccccc2)cc1. The molecular formula is C26H26N4O5. The van der Waals surface area contributed by atoms with Crippen molar-refractivity contribution < 1.29 is 23.9 Å². The largest absolute Gasteiger partial charge is 0.494 e. The Morgan fingerprint density at radius 2 is 1.57 bits per heavy atom. The van der Waals surface area contributed by atoms with E-state index in [0.29, 0.717) is 23.6 Å². The number of amides is 3. The van der Waals surface area contributed by atoms with Crippen molar-refractivity contribution in [3.8, 4) is 11.5 Å². The van der Waals surface area contributed by atoms with Gasteiger partial charge in [0.25, 0.3) is 5.91 Å². The lowest BCUT2D eigenvalue weighted by molar-refractivity contribution is -0.139. The van der Waals surface area contributed by atoms with Gasteiger partial charge >= 0.3 is 11.8 Å². The average Bonchev–Trinajstić information content (AvgIpc) is 2.88. The number of carbonyl (C=O) groups is 3. The van der Waals surface area contributed by atoms with Gasteiger partial charge in [0, 0.05) is 17.8 Å². The third-order valence-electron chi connectivity index (χ3n) is 4.60. The van der Waals surface area contributed by atoms with E-state index in [1.54, 1.807) is 48.5 Å². The van der Waals surface area contributed by atoms with Crippen molar-refractivity contribution in [3.63, 3.8) is 0 Å². The van der Waals surface area contributed by atoms with E-state index in [2.05, 4.69) is 21.2 Å².